The Labute approximate surface area is 142 Å². The van der Waals surface area contributed by atoms with Gasteiger partial charge in [0, 0.05) is 6.42 Å². The highest BCUT2D eigenvalue weighted by molar-refractivity contribution is 5.66. The molecule has 0 rings (SSSR count). The van der Waals surface area contributed by atoms with E-state index < -0.39 is 5.97 Å². The Morgan fingerprint density at radius 1 is 0.870 bits per heavy atom. The number of rotatable bonds is 16. The standard InChI is InChI=1S/C20H36O3/c1-2-3-4-13-16-19(21)17-14-11-9-7-5-6-8-10-12-15-18-20(22)23/h3-4,11,14,19,21H,2,5-10,12-13,15-18H2,1H3,(H,22,23)/b4-3+,14-11+. The predicted molar refractivity (Wildman–Crippen MR) is 97.6 cm³/mol. The van der Waals surface area contributed by atoms with Crippen molar-refractivity contribution in [2.45, 2.75) is 96.5 Å². The number of aliphatic hydroxyl groups is 1. The molecular weight excluding hydrogens is 288 g/mol. The van der Waals surface area contributed by atoms with E-state index >= 15 is 0 Å². The van der Waals surface area contributed by atoms with Crippen LogP contribution in [-0.2, 0) is 4.79 Å². The van der Waals surface area contributed by atoms with E-state index in [1.165, 1.54) is 25.7 Å². The van der Waals surface area contributed by atoms with Gasteiger partial charge in [-0.05, 0) is 44.9 Å². The van der Waals surface area contributed by atoms with Crippen molar-refractivity contribution in [1.82, 2.24) is 0 Å². The van der Waals surface area contributed by atoms with E-state index in [9.17, 15) is 9.90 Å². The first-order chi connectivity index (χ1) is 11.2. The van der Waals surface area contributed by atoms with Crippen LogP contribution in [0, 0.1) is 0 Å². The molecule has 0 aliphatic heterocycles. The lowest BCUT2D eigenvalue weighted by Crippen LogP contribution is -2.03. The third kappa shape index (κ3) is 18.9. The van der Waals surface area contributed by atoms with Crippen molar-refractivity contribution < 1.29 is 15.0 Å². The lowest BCUT2D eigenvalue weighted by molar-refractivity contribution is -0.137. The first-order valence-corrected chi connectivity index (χ1v) is 9.36. The SMILES string of the molecule is CC/C=C/CCC(O)C/C=C/CCCCCCCCCC(=O)O. The van der Waals surface area contributed by atoms with E-state index in [1.807, 2.05) is 0 Å². The Kier molecular flexibility index (Phi) is 16.4. The van der Waals surface area contributed by atoms with Crippen LogP contribution in [0.3, 0.4) is 0 Å². The number of carboxylic acids is 1. The number of hydrogen-bond acceptors (Lipinski definition) is 2. The number of aliphatic carboxylic acids is 1. The Morgan fingerprint density at radius 3 is 2.13 bits per heavy atom. The summed E-state index contributed by atoms with van der Waals surface area (Å²) in [4.78, 5) is 10.4. The van der Waals surface area contributed by atoms with Crippen LogP contribution in [0.4, 0.5) is 0 Å². The quantitative estimate of drug-likeness (QED) is 0.285. The van der Waals surface area contributed by atoms with Crippen LogP contribution in [0.5, 0.6) is 0 Å². The molecule has 0 spiro atoms. The van der Waals surface area contributed by atoms with Crippen LogP contribution in [0.1, 0.15) is 90.4 Å². The molecule has 1 unspecified atom stereocenters. The summed E-state index contributed by atoms with van der Waals surface area (Å²) in [5, 5.41) is 18.3. The molecule has 1 atom stereocenters. The zero-order chi connectivity index (χ0) is 17.2. The van der Waals surface area contributed by atoms with Gasteiger partial charge in [-0.1, -0.05) is 63.3 Å². The van der Waals surface area contributed by atoms with Crippen molar-refractivity contribution in [3.05, 3.63) is 24.3 Å². The van der Waals surface area contributed by atoms with Crippen molar-refractivity contribution in [2.24, 2.45) is 0 Å². The molecule has 0 aliphatic rings. The molecule has 0 fully saturated rings. The normalized spacial score (nSPS) is 13.1. The van der Waals surface area contributed by atoms with E-state index in [2.05, 4.69) is 31.2 Å². The predicted octanol–water partition coefficient (Wildman–Crippen LogP) is 5.64. The number of unbranched alkanes of at least 4 members (excludes halogenated alkanes) is 7. The lowest BCUT2D eigenvalue weighted by Gasteiger charge is -2.05. The van der Waals surface area contributed by atoms with Gasteiger partial charge < -0.3 is 10.2 Å². The number of allylic oxidation sites excluding steroid dienone is 3. The first kappa shape index (κ1) is 21.9. The third-order valence-electron chi connectivity index (χ3n) is 3.91. The molecule has 0 aromatic carbocycles. The molecule has 0 saturated carbocycles. The summed E-state index contributed by atoms with van der Waals surface area (Å²) in [6, 6.07) is 0. The van der Waals surface area contributed by atoms with Gasteiger partial charge in [0.15, 0.2) is 0 Å². The monoisotopic (exact) mass is 324 g/mol. The van der Waals surface area contributed by atoms with Gasteiger partial charge in [0.25, 0.3) is 0 Å². The fourth-order valence-corrected chi connectivity index (χ4v) is 2.48. The Hall–Kier alpha value is -1.09. The fourth-order valence-electron chi connectivity index (χ4n) is 2.48. The highest BCUT2D eigenvalue weighted by Gasteiger charge is 1.99. The molecular formula is C20H36O3. The highest BCUT2D eigenvalue weighted by atomic mass is 16.4. The second-order valence-corrected chi connectivity index (χ2v) is 6.23. The van der Waals surface area contributed by atoms with Crippen molar-refractivity contribution in [1.29, 1.82) is 0 Å². The van der Waals surface area contributed by atoms with E-state index in [0.717, 1.165) is 51.4 Å². The molecule has 3 heteroatoms. The van der Waals surface area contributed by atoms with Gasteiger partial charge >= 0.3 is 5.97 Å². The number of carboxylic acid groups (broad SMARTS) is 1. The van der Waals surface area contributed by atoms with E-state index in [4.69, 9.17) is 5.11 Å². The number of aliphatic hydroxyl groups excluding tert-OH is 1. The molecule has 0 aromatic rings. The van der Waals surface area contributed by atoms with E-state index in [-0.39, 0.29) is 6.10 Å². The molecule has 0 amide bonds. The zero-order valence-electron chi connectivity index (χ0n) is 14.9. The van der Waals surface area contributed by atoms with Crippen molar-refractivity contribution in [2.75, 3.05) is 0 Å². The lowest BCUT2D eigenvalue weighted by atomic mass is 10.1. The van der Waals surface area contributed by atoms with E-state index in [0.29, 0.717) is 6.42 Å². The Morgan fingerprint density at radius 2 is 1.48 bits per heavy atom. The summed E-state index contributed by atoms with van der Waals surface area (Å²) in [6.45, 7) is 2.12. The highest BCUT2D eigenvalue weighted by Crippen LogP contribution is 2.10. The molecule has 0 aliphatic carbocycles. The molecule has 0 aromatic heterocycles. The summed E-state index contributed by atoms with van der Waals surface area (Å²) >= 11 is 0. The fraction of sp³-hybridized carbons (Fsp3) is 0.750. The van der Waals surface area contributed by atoms with Crippen LogP contribution in [0.25, 0.3) is 0 Å². The third-order valence-corrected chi connectivity index (χ3v) is 3.91. The topological polar surface area (TPSA) is 57.5 Å². The van der Waals surface area contributed by atoms with Crippen LogP contribution in [0.15, 0.2) is 24.3 Å². The number of carbonyl (C=O) groups is 1. The Bertz CT molecular complexity index is 321. The smallest absolute Gasteiger partial charge is 0.303 e. The van der Waals surface area contributed by atoms with Gasteiger partial charge in [-0.2, -0.15) is 0 Å². The van der Waals surface area contributed by atoms with Gasteiger partial charge in [0.1, 0.15) is 0 Å². The summed E-state index contributed by atoms with van der Waals surface area (Å²) in [5.41, 5.74) is 0. The van der Waals surface area contributed by atoms with Gasteiger partial charge in [-0.15, -0.1) is 0 Å². The van der Waals surface area contributed by atoms with Gasteiger partial charge in [-0.3, -0.25) is 4.79 Å². The molecule has 0 saturated heterocycles. The molecule has 2 N–H and O–H groups in total. The second kappa shape index (κ2) is 17.3. The summed E-state index contributed by atoms with van der Waals surface area (Å²) in [7, 11) is 0. The zero-order valence-corrected chi connectivity index (χ0v) is 14.9. The van der Waals surface area contributed by atoms with Crippen molar-refractivity contribution >= 4 is 5.97 Å². The minimum atomic E-state index is -0.681. The maximum absolute atomic E-state index is 10.4. The average molecular weight is 325 g/mol. The summed E-state index contributed by atoms with van der Waals surface area (Å²) in [6.07, 6.45) is 21.4. The van der Waals surface area contributed by atoms with Gasteiger partial charge in [0.2, 0.25) is 0 Å². The van der Waals surface area contributed by atoms with Crippen molar-refractivity contribution in [3.63, 3.8) is 0 Å². The van der Waals surface area contributed by atoms with Gasteiger partial charge in [0.05, 0.1) is 6.10 Å². The van der Waals surface area contributed by atoms with Crippen LogP contribution in [0.2, 0.25) is 0 Å². The van der Waals surface area contributed by atoms with Crippen LogP contribution >= 0.6 is 0 Å². The summed E-state index contributed by atoms with van der Waals surface area (Å²) in [5.74, 6) is -0.681. The Balaban J connectivity index is 3.27. The number of hydrogen-bond donors (Lipinski definition) is 2. The summed E-state index contributed by atoms with van der Waals surface area (Å²) < 4.78 is 0. The molecule has 0 radical (unpaired) electrons. The molecule has 0 bridgehead atoms. The largest absolute Gasteiger partial charge is 0.481 e. The molecule has 3 nitrogen and oxygen atoms in total. The first-order valence-electron chi connectivity index (χ1n) is 9.36. The van der Waals surface area contributed by atoms with Crippen molar-refractivity contribution in [3.8, 4) is 0 Å². The van der Waals surface area contributed by atoms with Crippen LogP contribution in [-0.4, -0.2) is 22.3 Å². The molecule has 0 heterocycles. The van der Waals surface area contributed by atoms with Crippen LogP contribution < -0.4 is 0 Å². The van der Waals surface area contributed by atoms with E-state index in [1.54, 1.807) is 0 Å². The minimum absolute atomic E-state index is 0.210. The average Bonchev–Trinajstić information content (AvgIpc) is 2.52. The maximum Gasteiger partial charge on any atom is 0.303 e. The minimum Gasteiger partial charge on any atom is -0.481 e. The second-order valence-electron chi connectivity index (χ2n) is 6.23. The molecule has 23 heavy (non-hydrogen) atoms. The maximum atomic E-state index is 10.4. The molecule has 134 valence electrons. The van der Waals surface area contributed by atoms with Gasteiger partial charge in [-0.25, -0.2) is 0 Å².